The molecular formula is C14H27NO3. The maximum atomic E-state index is 10.6. The molecule has 0 aromatic carbocycles. The van der Waals surface area contributed by atoms with E-state index in [1.54, 1.807) is 0 Å². The third-order valence-corrected chi connectivity index (χ3v) is 4.04. The molecule has 18 heavy (non-hydrogen) atoms. The van der Waals surface area contributed by atoms with Crippen LogP contribution < -0.4 is 5.73 Å². The molecule has 0 aromatic heterocycles. The molecule has 0 heterocycles. The second kappa shape index (κ2) is 7.10. The van der Waals surface area contributed by atoms with Crippen LogP contribution in [0.1, 0.15) is 46.5 Å². The Labute approximate surface area is 110 Å². The normalized spacial score (nSPS) is 30.4. The van der Waals surface area contributed by atoms with Gasteiger partial charge in [0.2, 0.25) is 0 Å². The summed E-state index contributed by atoms with van der Waals surface area (Å²) in [6.45, 7) is 7.18. The maximum absolute atomic E-state index is 10.6. The number of ether oxygens (including phenoxy) is 1. The van der Waals surface area contributed by atoms with E-state index in [4.69, 9.17) is 15.6 Å². The molecule has 3 N–H and O–H groups in total. The number of hydrogen-bond donors (Lipinski definition) is 2. The summed E-state index contributed by atoms with van der Waals surface area (Å²) < 4.78 is 5.90. The molecule has 4 atom stereocenters. The highest BCUT2D eigenvalue weighted by molar-refractivity contribution is 5.72. The first-order valence-electron chi connectivity index (χ1n) is 7.01. The smallest absolute Gasteiger partial charge is 0.320 e. The summed E-state index contributed by atoms with van der Waals surface area (Å²) in [7, 11) is 0. The quantitative estimate of drug-likeness (QED) is 0.765. The molecule has 0 spiro atoms. The maximum Gasteiger partial charge on any atom is 0.320 e. The highest BCUT2D eigenvalue weighted by Crippen LogP contribution is 2.35. The summed E-state index contributed by atoms with van der Waals surface area (Å²) in [6, 6.07) is -0.802. The van der Waals surface area contributed by atoms with Crippen molar-refractivity contribution in [2.24, 2.45) is 23.5 Å². The Morgan fingerprint density at radius 2 is 2.11 bits per heavy atom. The van der Waals surface area contributed by atoms with E-state index in [1.165, 1.54) is 12.8 Å². The minimum atomic E-state index is -0.948. The SMILES string of the molecule is CC1CCC(C(C)C)C(OCCC(N)C(=O)O)C1. The summed E-state index contributed by atoms with van der Waals surface area (Å²) in [5, 5.41) is 8.72. The molecule has 4 heteroatoms. The van der Waals surface area contributed by atoms with Crippen molar-refractivity contribution in [3.8, 4) is 0 Å². The number of hydrogen-bond acceptors (Lipinski definition) is 3. The molecular weight excluding hydrogens is 230 g/mol. The molecule has 1 aliphatic carbocycles. The van der Waals surface area contributed by atoms with Crippen LogP contribution in [-0.2, 0) is 9.53 Å². The predicted molar refractivity (Wildman–Crippen MR) is 71.3 cm³/mol. The molecule has 0 bridgehead atoms. The molecule has 0 aliphatic heterocycles. The number of rotatable bonds is 6. The van der Waals surface area contributed by atoms with Gasteiger partial charge in [0.15, 0.2) is 0 Å². The minimum Gasteiger partial charge on any atom is -0.480 e. The van der Waals surface area contributed by atoms with Crippen molar-refractivity contribution < 1.29 is 14.6 Å². The molecule has 0 saturated heterocycles. The lowest BCUT2D eigenvalue weighted by atomic mass is 9.75. The fraction of sp³-hybridized carbons (Fsp3) is 0.929. The summed E-state index contributed by atoms with van der Waals surface area (Å²) in [6.07, 6.45) is 4.25. The third-order valence-electron chi connectivity index (χ3n) is 4.04. The Morgan fingerprint density at radius 1 is 1.44 bits per heavy atom. The fourth-order valence-electron chi connectivity index (χ4n) is 2.78. The zero-order chi connectivity index (χ0) is 13.7. The Morgan fingerprint density at radius 3 is 2.67 bits per heavy atom. The van der Waals surface area contributed by atoms with Gasteiger partial charge in [-0.05, 0) is 37.0 Å². The highest BCUT2D eigenvalue weighted by Gasteiger charge is 2.31. The molecule has 4 unspecified atom stereocenters. The van der Waals surface area contributed by atoms with Crippen LogP contribution in [0.4, 0.5) is 0 Å². The van der Waals surface area contributed by atoms with Gasteiger partial charge in [-0.2, -0.15) is 0 Å². The van der Waals surface area contributed by atoms with Crippen molar-refractivity contribution in [2.45, 2.75) is 58.6 Å². The first-order chi connectivity index (χ1) is 8.41. The second-order valence-corrected chi connectivity index (χ2v) is 5.97. The number of nitrogens with two attached hydrogens (primary N) is 1. The number of carboxylic acids is 1. The van der Waals surface area contributed by atoms with Gasteiger partial charge < -0.3 is 15.6 Å². The van der Waals surface area contributed by atoms with Crippen LogP contribution in [0.3, 0.4) is 0 Å². The van der Waals surface area contributed by atoms with Gasteiger partial charge in [-0.15, -0.1) is 0 Å². The molecule has 0 amide bonds. The van der Waals surface area contributed by atoms with Crippen molar-refractivity contribution >= 4 is 5.97 Å². The van der Waals surface area contributed by atoms with Crippen LogP contribution in [0.15, 0.2) is 0 Å². The Bertz CT molecular complexity index is 268. The lowest BCUT2D eigenvalue weighted by Crippen LogP contribution is -2.36. The summed E-state index contributed by atoms with van der Waals surface area (Å²) in [5.41, 5.74) is 5.47. The van der Waals surface area contributed by atoms with Gasteiger partial charge in [0.1, 0.15) is 6.04 Å². The second-order valence-electron chi connectivity index (χ2n) is 5.97. The van der Waals surface area contributed by atoms with Crippen LogP contribution in [0.2, 0.25) is 0 Å². The lowest BCUT2D eigenvalue weighted by Gasteiger charge is -2.37. The predicted octanol–water partition coefficient (Wildman–Crippen LogP) is 2.27. The van der Waals surface area contributed by atoms with Gasteiger partial charge >= 0.3 is 5.97 Å². The van der Waals surface area contributed by atoms with Crippen LogP contribution in [0.5, 0.6) is 0 Å². The monoisotopic (exact) mass is 257 g/mol. The highest BCUT2D eigenvalue weighted by atomic mass is 16.5. The van der Waals surface area contributed by atoms with E-state index in [1.807, 2.05) is 0 Å². The van der Waals surface area contributed by atoms with Crippen molar-refractivity contribution in [3.63, 3.8) is 0 Å². The number of carboxylic acid groups (broad SMARTS) is 1. The molecule has 1 rings (SSSR count). The van der Waals surface area contributed by atoms with Crippen LogP contribution in [-0.4, -0.2) is 29.8 Å². The third kappa shape index (κ3) is 4.58. The fourth-order valence-corrected chi connectivity index (χ4v) is 2.78. The van der Waals surface area contributed by atoms with E-state index >= 15 is 0 Å². The van der Waals surface area contributed by atoms with E-state index < -0.39 is 12.0 Å². The van der Waals surface area contributed by atoms with Gasteiger partial charge in [0.25, 0.3) is 0 Å². The summed E-state index contributed by atoms with van der Waals surface area (Å²) >= 11 is 0. The van der Waals surface area contributed by atoms with E-state index in [0.717, 1.165) is 6.42 Å². The van der Waals surface area contributed by atoms with Crippen LogP contribution >= 0.6 is 0 Å². The lowest BCUT2D eigenvalue weighted by molar-refractivity contribution is -0.139. The van der Waals surface area contributed by atoms with Gasteiger partial charge in [0, 0.05) is 6.61 Å². The summed E-state index contributed by atoms with van der Waals surface area (Å²) in [5.74, 6) is 0.979. The topological polar surface area (TPSA) is 72.5 Å². The van der Waals surface area contributed by atoms with E-state index in [0.29, 0.717) is 30.8 Å². The van der Waals surface area contributed by atoms with Crippen molar-refractivity contribution in [1.29, 1.82) is 0 Å². The molecule has 1 saturated carbocycles. The van der Waals surface area contributed by atoms with E-state index in [-0.39, 0.29) is 6.10 Å². The molecule has 1 aliphatic rings. The van der Waals surface area contributed by atoms with Crippen molar-refractivity contribution in [3.05, 3.63) is 0 Å². The molecule has 0 aromatic rings. The number of aliphatic carboxylic acids is 1. The van der Waals surface area contributed by atoms with Gasteiger partial charge in [0.05, 0.1) is 6.10 Å². The zero-order valence-electron chi connectivity index (χ0n) is 11.8. The Hall–Kier alpha value is -0.610. The average Bonchev–Trinajstić information content (AvgIpc) is 2.28. The van der Waals surface area contributed by atoms with Crippen molar-refractivity contribution in [2.75, 3.05) is 6.61 Å². The van der Waals surface area contributed by atoms with Gasteiger partial charge in [-0.1, -0.05) is 27.2 Å². The molecule has 0 radical (unpaired) electrons. The molecule has 1 fully saturated rings. The van der Waals surface area contributed by atoms with Gasteiger partial charge in [-0.25, -0.2) is 0 Å². The average molecular weight is 257 g/mol. The molecule has 4 nitrogen and oxygen atoms in total. The van der Waals surface area contributed by atoms with Gasteiger partial charge in [-0.3, -0.25) is 4.79 Å². The standard InChI is InChI=1S/C14H27NO3/c1-9(2)11-5-4-10(3)8-13(11)18-7-6-12(15)14(16)17/h9-13H,4-8,15H2,1-3H3,(H,16,17). The first kappa shape index (κ1) is 15.4. The summed E-state index contributed by atoms with van der Waals surface area (Å²) in [4.78, 5) is 10.6. The zero-order valence-corrected chi connectivity index (χ0v) is 11.8. The largest absolute Gasteiger partial charge is 0.480 e. The minimum absolute atomic E-state index is 0.273. The van der Waals surface area contributed by atoms with Crippen LogP contribution in [0.25, 0.3) is 0 Å². The van der Waals surface area contributed by atoms with E-state index in [2.05, 4.69) is 20.8 Å². The Kier molecular flexibility index (Phi) is 6.09. The number of carbonyl (C=O) groups is 1. The first-order valence-corrected chi connectivity index (χ1v) is 7.01. The Balaban J connectivity index is 2.39. The molecule has 106 valence electrons. The van der Waals surface area contributed by atoms with Crippen LogP contribution in [0, 0.1) is 17.8 Å². The van der Waals surface area contributed by atoms with E-state index in [9.17, 15) is 4.79 Å². The van der Waals surface area contributed by atoms with Crippen molar-refractivity contribution in [1.82, 2.24) is 0 Å².